The fourth-order valence-electron chi connectivity index (χ4n) is 0.778. The SMILES string of the molecule is FC(F)c1cc(CCl)c(Br)c(Cl)n1. The molecule has 1 aromatic heterocycles. The number of rotatable bonds is 2. The average Bonchev–Trinajstić information content (AvgIpc) is 2.09. The van der Waals surface area contributed by atoms with Crippen molar-refractivity contribution in [1.29, 1.82) is 0 Å². The second kappa shape index (κ2) is 4.53. The molecule has 0 aromatic carbocycles. The van der Waals surface area contributed by atoms with E-state index in [9.17, 15) is 8.78 Å². The minimum Gasteiger partial charge on any atom is -0.234 e. The number of nitrogens with zero attached hydrogens (tertiary/aromatic N) is 1. The van der Waals surface area contributed by atoms with Crippen LogP contribution in [0.25, 0.3) is 0 Å². The average molecular weight is 291 g/mol. The van der Waals surface area contributed by atoms with Gasteiger partial charge in [-0.1, -0.05) is 11.6 Å². The van der Waals surface area contributed by atoms with Crippen LogP contribution in [0.4, 0.5) is 8.78 Å². The summed E-state index contributed by atoms with van der Waals surface area (Å²) in [5.74, 6) is 0.114. The molecule has 0 saturated carbocycles. The van der Waals surface area contributed by atoms with Crippen molar-refractivity contribution >= 4 is 39.1 Å². The zero-order valence-electron chi connectivity index (χ0n) is 6.20. The number of halogens is 5. The molecule has 1 nitrogen and oxygen atoms in total. The number of hydrogen-bond donors (Lipinski definition) is 0. The molecule has 0 N–H and O–H groups in total. The number of hydrogen-bond acceptors (Lipinski definition) is 1. The Morgan fingerprint density at radius 3 is 2.62 bits per heavy atom. The Kier molecular flexibility index (Phi) is 3.88. The van der Waals surface area contributed by atoms with Gasteiger partial charge in [0.1, 0.15) is 10.8 Å². The van der Waals surface area contributed by atoms with Crippen LogP contribution in [0.15, 0.2) is 10.5 Å². The van der Waals surface area contributed by atoms with E-state index in [0.717, 1.165) is 0 Å². The van der Waals surface area contributed by atoms with Gasteiger partial charge >= 0.3 is 0 Å². The molecule has 13 heavy (non-hydrogen) atoms. The molecule has 6 heteroatoms. The minimum atomic E-state index is -2.63. The van der Waals surface area contributed by atoms with Crippen LogP contribution in [-0.4, -0.2) is 4.98 Å². The maximum Gasteiger partial charge on any atom is 0.280 e. The first-order valence-electron chi connectivity index (χ1n) is 3.25. The molecule has 72 valence electrons. The fourth-order valence-corrected chi connectivity index (χ4v) is 1.71. The van der Waals surface area contributed by atoms with Crippen molar-refractivity contribution in [1.82, 2.24) is 4.98 Å². The largest absolute Gasteiger partial charge is 0.280 e. The quantitative estimate of drug-likeness (QED) is 0.588. The van der Waals surface area contributed by atoms with Crippen LogP contribution in [0.5, 0.6) is 0 Å². The third-order valence-corrected chi connectivity index (χ3v) is 3.05. The molecule has 1 aromatic rings. The highest BCUT2D eigenvalue weighted by atomic mass is 79.9. The van der Waals surface area contributed by atoms with Crippen LogP contribution >= 0.6 is 39.1 Å². The highest BCUT2D eigenvalue weighted by molar-refractivity contribution is 9.10. The summed E-state index contributed by atoms with van der Waals surface area (Å²) in [7, 11) is 0. The molecular weight excluding hydrogens is 287 g/mol. The van der Waals surface area contributed by atoms with Crippen molar-refractivity contribution in [2.45, 2.75) is 12.3 Å². The molecule has 0 aliphatic rings. The molecule has 0 amide bonds. The van der Waals surface area contributed by atoms with Gasteiger partial charge in [-0.15, -0.1) is 11.6 Å². The highest BCUT2D eigenvalue weighted by Gasteiger charge is 2.14. The van der Waals surface area contributed by atoms with E-state index >= 15 is 0 Å². The Bertz CT molecular complexity index is 320. The molecule has 1 heterocycles. The monoisotopic (exact) mass is 289 g/mol. The molecule has 0 radical (unpaired) electrons. The van der Waals surface area contributed by atoms with E-state index in [4.69, 9.17) is 23.2 Å². The maximum atomic E-state index is 12.2. The van der Waals surface area contributed by atoms with Gasteiger partial charge in [0, 0.05) is 5.88 Å². The highest BCUT2D eigenvalue weighted by Crippen LogP contribution is 2.29. The third-order valence-electron chi connectivity index (χ3n) is 1.38. The lowest BCUT2D eigenvalue weighted by Gasteiger charge is -2.05. The van der Waals surface area contributed by atoms with Crippen molar-refractivity contribution in [2.24, 2.45) is 0 Å². The van der Waals surface area contributed by atoms with E-state index in [0.29, 0.717) is 10.0 Å². The Balaban J connectivity index is 3.22. The Morgan fingerprint density at radius 1 is 1.54 bits per heavy atom. The number of pyridine rings is 1. The summed E-state index contributed by atoms with van der Waals surface area (Å²) in [5.41, 5.74) is 0.154. The van der Waals surface area contributed by atoms with Gasteiger partial charge in [0.2, 0.25) is 0 Å². The molecule has 0 unspecified atom stereocenters. The van der Waals surface area contributed by atoms with E-state index in [1.165, 1.54) is 6.07 Å². The van der Waals surface area contributed by atoms with E-state index < -0.39 is 6.43 Å². The lowest BCUT2D eigenvalue weighted by molar-refractivity contribution is 0.146. The van der Waals surface area contributed by atoms with Crippen LogP contribution in [0, 0.1) is 0 Å². The van der Waals surface area contributed by atoms with E-state index in [2.05, 4.69) is 20.9 Å². The van der Waals surface area contributed by atoms with E-state index in [1.807, 2.05) is 0 Å². The van der Waals surface area contributed by atoms with E-state index in [-0.39, 0.29) is 16.7 Å². The summed E-state index contributed by atoms with van der Waals surface area (Å²) >= 11 is 14.2. The van der Waals surface area contributed by atoms with Crippen LogP contribution < -0.4 is 0 Å². The number of aromatic nitrogens is 1. The molecule has 0 aliphatic carbocycles. The summed E-state index contributed by atoms with van der Waals surface area (Å²) < 4.78 is 24.9. The van der Waals surface area contributed by atoms with Gasteiger partial charge in [0.15, 0.2) is 0 Å². The lowest BCUT2D eigenvalue weighted by atomic mass is 10.2. The number of alkyl halides is 3. The molecule has 0 spiro atoms. The Hall–Kier alpha value is 0.0700. The summed E-state index contributed by atoms with van der Waals surface area (Å²) in [4.78, 5) is 3.49. The maximum absolute atomic E-state index is 12.2. The second-order valence-corrected chi connectivity index (χ2v) is 3.66. The molecule has 0 fully saturated rings. The van der Waals surface area contributed by atoms with Crippen LogP contribution in [-0.2, 0) is 5.88 Å². The first kappa shape index (κ1) is 11.1. The van der Waals surface area contributed by atoms with Gasteiger partial charge < -0.3 is 0 Å². The smallest absolute Gasteiger partial charge is 0.234 e. The summed E-state index contributed by atoms with van der Waals surface area (Å²) in [6, 6.07) is 1.23. The zero-order valence-corrected chi connectivity index (χ0v) is 9.30. The molecule has 1 rings (SSSR count). The Morgan fingerprint density at radius 2 is 2.15 bits per heavy atom. The van der Waals surface area contributed by atoms with Gasteiger partial charge in [0.25, 0.3) is 6.43 Å². The van der Waals surface area contributed by atoms with Crippen molar-refractivity contribution in [3.05, 3.63) is 26.9 Å². The normalized spacial score (nSPS) is 10.9. The van der Waals surface area contributed by atoms with Crippen molar-refractivity contribution in [2.75, 3.05) is 0 Å². The van der Waals surface area contributed by atoms with Crippen LogP contribution in [0.3, 0.4) is 0 Å². The zero-order chi connectivity index (χ0) is 10.0. The summed E-state index contributed by atoms with van der Waals surface area (Å²) in [6.45, 7) is 0. The van der Waals surface area contributed by atoms with Gasteiger partial charge in [-0.2, -0.15) is 0 Å². The van der Waals surface area contributed by atoms with Gasteiger partial charge in [-0.3, -0.25) is 0 Å². The minimum absolute atomic E-state index is 0.00782. The third kappa shape index (κ3) is 2.51. The molecular formula is C7H4BrCl2F2N. The van der Waals surface area contributed by atoms with Crippen molar-refractivity contribution < 1.29 is 8.78 Å². The first-order valence-corrected chi connectivity index (χ1v) is 4.95. The lowest BCUT2D eigenvalue weighted by Crippen LogP contribution is -1.94. The van der Waals surface area contributed by atoms with Crippen molar-refractivity contribution in [3.8, 4) is 0 Å². The van der Waals surface area contributed by atoms with Crippen LogP contribution in [0.1, 0.15) is 17.7 Å². The molecule has 0 bridgehead atoms. The first-order chi connectivity index (χ1) is 6.06. The second-order valence-electron chi connectivity index (χ2n) is 2.25. The molecule has 0 saturated heterocycles. The standard InChI is InChI=1S/C7H4BrCl2F2N/c8-5-3(2-9)1-4(7(11)12)13-6(5)10/h1,7H,2H2. The Labute approximate surface area is 92.2 Å². The summed E-state index contributed by atoms with van der Waals surface area (Å²) in [6.07, 6.45) is -2.63. The van der Waals surface area contributed by atoms with Gasteiger partial charge in [-0.25, -0.2) is 13.8 Å². The summed E-state index contributed by atoms with van der Waals surface area (Å²) in [5, 5.41) is 0.00782. The molecule has 0 aliphatic heterocycles. The van der Waals surface area contributed by atoms with Crippen LogP contribution in [0.2, 0.25) is 5.15 Å². The topological polar surface area (TPSA) is 12.9 Å². The van der Waals surface area contributed by atoms with Crippen molar-refractivity contribution in [3.63, 3.8) is 0 Å². The van der Waals surface area contributed by atoms with E-state index in [1.54, 1.807) is 0 Å². The predicted molar refractivity (Wildman–Crippen MR) is 51.5 cm³/mol. The fraction of sp³-hybridized carbons (Fsp3) is 0.286. The molecule has 0 atom stereocenters. The van der Waals surface area contributed by atoms with Gasteiger partial charge in [-0.05, 0) is 27.6 Å². The van der Waals surface area contributed by atoms with Gasteiger partial charge in [0.05, 0.1) is 4.47 Å². The predicted octanol–water partition coefficient (Wildman–Crippen LogP) is 4.17.